The van der Waals surface area contributed by atoms with Gasteiger partial charge in [0.25, 0.3) is 5.56 Å². The summed E-state index contributed by atoms with van der Waals surface area (Å²) < 4.78 is 7.04. The van der Waals surface area contributed by atoms with Crippen molar-refractivity contribution in [3.63, 3.8) is 0 Å². The Hall–Kier alpha value is -3.25. The molecule has 0 radical (unpaired) electrons. The highest BCUT2D eigenvalue weighted by Crippen LogP contribution is 2.41. The van der Waals surface area contributed by atoms with Gasteiger partial charge in [-0.1, -0.05) is 48.5 Å². The number of hydrogen-bond acceptors (Lipinski definition) is 4. The summed E-state index contributed by atoms with van der Waals surface area (Å²) in [7, 11) is 1.57. The van der Waals surface area contributed by atoms with E-state index in [2.05, 4.69) is 30.3 Å². The molecule has 0 amide bonds. The highest BCUT2D eigenvalue weighted by atomic mass is 32.2. The van der Waals surface area contributed by atoms with E-state index in [-0.39, 0.29) is 5.56 Å². The second-order valence-electron chi connectivity index (χ2n) is 7.36. The molecule has 150 valence electrons. The quantitative estimate of drug-likeness (QED) is 0.496. The molecular formula is C24H19NO4S. The molecule has 1 aromatic heterocycles. The molecule has 1 atom stereocenters. The van der Waals surface area contributed by atoms with Crippen LogP contribution in [0.15, 0.2) is 70.5 Å². The maximum Gasteiger partial charge on any atom is 0.327 e. The molecule has 0 aliphatic carbocycles. The van der Waals surface area contributed by atoms with E-state index in [0.29, 0.717) is 22.9 Å². The first-order valence-corrected chi connectivity index (χ1v) is 10.6. The Balaban J connectivity index is 1.74. The second-order valence-corrected chi connectivity index (χ2v) is 8.36. The number of pyridine rings is 1. The van der Waals surface area contributed by atoms with Gasteiger partial charge in [-0.25, -0.2) is 4.79 Å². The number of carboxylic acid groups (broad SMARTS) is 1. The average Bonchev–Trinajstić information content (AvgIpc) is 3.20. The molecule has 1 N–H and O–H groups in total. The Morgan fingerprint density at radius 1 is 1.10 bits per heavy atom. The second kappa shape index (κ2) is 7.22. The molecule has 6 heteroatoms. The molecule has 0 saturated heterocycles. The van der Waals surface area contributed by atoms with Crippen molar-refractivity contribution in [1.29, 1.82) is 0 Å². The van der Waals surface area contributed by atoms with Crippen LogP contribution in [0.3, 0.4) is 0 Å². The van der Waals surface area contributed by atoms with Crippen LogP contribution in [0.4, 0.5) is 0 Å². The zero-order valence-corrected chi connectivity index (χ0v) is 17.1. The van der Waals surface area contributed by atoms with Crippen molar-refractivity contribution in [3.05, 3.63) is 82.1 Å². The largest absolute Gasteiger partial charge is 0.494 e. The predicted molar refractivity (Wildman–Crippen MR) is 119 cm³/mol. The zero-order chi connectivity index (χ0) is 20.8. The molecular weight excluding hydrogens is 398 g/mol. The van der Waals surface area contributed by atoms with E-state index in [1.807, 2.05) is 24.3 Å². The maximum absolute atomic E-state index is 12.9. The van der Waals surface area contributed by atoms with Crippen LogP contribution in [-0.4, -0.2) is 28.5 Å². The van der Waals surface area contributed by atoms with Gasteiger partial charge in [0.1, 0.15) is 11.1 Å². The van der Waals surface area contributed by atoms with E-state index in [1.165, 1.54) is 22.4 Å². The summed E-state index contributed by atoms with van der Waals surface area (Å²) in [6, 6.07) is 19.3. The minimum atomic E-state index is -1.00. The van der Waals surface area contributed by atoms with Gasteiger partial charge in [0.05, 0.1) is 7.11 Å². The molecule has 1 unspecified atom stereocenters. The molecule has 0 spiro atoms. The number of hydrogen-bond donors (Lipinski definition) is 1. The van der Waals surface area contributed by atoms with E-state index >= 15 is 0 Å². The average molecular weight is 417 g/mol. The standard InChI is InChI=1S/C24H19NO4S/c1-29-22-16(12-21(26)25-20(24(27)28)13-30-23(22)25)11-19-17-8-4-2-6-14(17)10-15-7-3-5-9-18(15)19/h2-10,12,20H,11,13H2,1H3,(H,27,28). The SMILES string of the molecule is COc1c(Cc2c3ccccc3cc3ccccc23)cc(=O)n2c1SCC2C(=O)O. The molecule has 0 bridgehead atoms. The molecule has 5 rings (SSSR count). The van der Waals surface area contributed by atoms with Crippen molar-refractivity contribution in [2.75, 3.05) is 12.9 Å². The van der Waals surface area contributed by atoms with E-state index in [0.717, 1.165) is 32.7 Å². The number of ether oxygens (including phenoxy) is 1. The summed E-state index contributed by atoms with van der Waals surface area (Å²) in [5.74, 6) is -0.0970. The number of thioether (sulfide) groups is 1. The van der Waals surface area contributed by atoms with Crippen LogP contribution in [0, 0.1) is 0 Å². The number of nitrogens with zero attached hydrogens (tertiary/aromatic N) is 1. The van der Waals surface area contributed by atoms with Crippen LogP contribution >= 0.6 is 11.8 Å². The zero-order valence-electron chi connectivity index (χ0n) is 16.3. The van der Waals surface area contributed by atoms with Crippen molar-refractivity contribution in [3.8, 4) is 5.75 Å². The van der Waals surface area contributed by atoms with Gasteiger partial charge in [-0.2, -0.15) is 0 Å². The smallest absolute Gasteiger partial charge is 0.327 e. The van der Waals surface area contributed by atoms with Crippen LogP contribution in [0.1, 0.15) is 17.2 Å². The lowest BCUT2D eigenvalue weighted by Gasteiger charge is -2.17. The van der Waals surface area contributed by atoms with Gasteiger partial charge in [-0.15, -0.1) is 11.8 Å². The third-order valence-corrected chi connectivity index (χ3v) is 6.81. The number of aliphatic carboxylic acids is 1. The van der Waals surface area contributed by atoms with Gasteiger partial charge < -0.3 is 9.84 Å². The highest BCUT2D eigenvalue weighted by molar-refractivity contribution is 7.99. The van der Waals surface area contributed by atoms with Gasteiger partial charge in [-0.05, 0) is 33.2 Å². The Labute approximate surface area is 176 Å². The molecule has 1 aliphatic heterocycles. The Kier molecular flexibility index (Phi) is 4.51. The molecule has 3 aromatic carbocycles. The van der Waals surface area contributed by atoms with Crippen molar-refractivity contribution < 1.29 is 14.6 Å². The Morgan fingerprint density at radius 3 is 2.33 bits per heavy atom. The van der Waals surface area contributed by atoms with E-state index in [1.54, 1.807) is 7.11 Å². The van der Waals surface area contributed by atoms with Gasteiger partial charge in [-0.3, -0.25) is 9.36 Å². The fourth-order valence-corrected chi connectivity index (χ4v) is 5.62. The molecule has 30 heavy (non-hydrogen) atoms. The summed E-state index contributed by atoms with van der Waals surface area (Å²) in [5, 5.41) is 14.6. The van der Waals surface area contributed by atoms with Crippen LogP contribution in [0.2, 0.25) is 0 Å². The number of methoxy groups -OCH3 is 1. The summed E-state index contributed by atoms with van der Waals surface area (Å²) in [5.41, 5.74) is 1.60. The van der Waals surface area contributed by atoms with Crippen LogP contribution in [-0.2, 0) is 11.2 Å². The molecule has 2 heterocycles. The maximum atomic E-state index is 12.9. The normalized spacial score (nSPS) is 15.4. The molecule has 0 saturated carbocycles. The van der Waals surface area contributed by atoms with E-state index < -0.39 is 12.0 Å². The number of benzene rings is 3. The summed E-state index contributed by atoms with van der Waals surface area (Å²) in [6.45, 7) is 0. The van der Waals surface area contributed by atoms with E-state index in [4.69, 9.17) is 4.74 Å². The van der Waals surface area contributed by atoms with Gasteiger partial charge in [0.15, 0.2) is 5.75 Å². The molecule has 1 aliphatic rings. The van der Waals surface area contributed by atoms with Gasteiger partial charge in [0.2, 0.25) is 0 Å². The van der Waals surface area contributed by atoms with Crippen molar-refractivity contribution in [1.82, 2.24) is 4.57 Å². The monoisotopic (exact) mass is 417 g/mol. The summed E-state index contributed by atoms with van der Waals surface area (Å²) in [4.78, 5) is 24.4. The molecule has 0 fully saturated rings. The Morgan fingerprint density at radius 2 is 1.73 bits per heavy atom. The third kappa shape index (κ3) is 2.87. The molecule has 5 nitrogen and oxygen atoms in total. The fourth-order valence-electron chi connectivity index (χ4n) is 4.31. The lowest BCUT2D eigenvalue weighted by atomic mass is 9.92. The number of aromatic nitrogens is 1. The van der Waals surface area contributed by atoms with Gasteiger partial charge >= 0.3 is 5.97 Å². The third-order valence-electron chi connectivity index (χ3n) is 5.67. The number of rotatable bonds is 4. The number of carboxylic acids is 1. The van der Waals surface area contributed by atoms with Crippen LogP contribution in [0.25, 0.3) is 21.5 Å². The highest BCUT2D eigenvalue weighted by Gasteiger charge is 2.33. The first kappa shape index (κ1) is 18.8. The number of carbonyl (C=O) groups is 1. The van der Waals surface area contributed by atoms with Crippen molar-refractivity contribution in [2.45, 2.75) is 17.5 Å². The van der Waals surface area contributed by atoms with Gasteiger partial charge in [0, 0.05) is 23.8 Å². The predicted octanol–water partition coefficient (Wildman–Crippen LogP) is 4.49. The van der Waals surface area contributed by atoms with Crippen LogP contribution in [0.5, 0.6) is 5.75 Å². The summed E-state index contributed by atoms with van der Waals surface area (Å²) in [6.07, 6.45) is 0.520. The topological polar surface area (TPSA) is 68.5 Å². The van der Waals surface area contributed by atoms with Crippen molar-refractivity contribution in [2.24, 2.45) is 0 Å². The minimum absolute atomic E-state index is 0.303. The Bertz CT molecular complexity index is 1320. The first-order chi connectivity index (χ1) is 14.6. The lowest BCUT2D eigenvalue weighted by Crippen LogP contribution is -2.29. The molecule has 4 aromatic rings. The first-order valence-electron chi connectivity index (χ1n) is 9.66. The summed E-state index contributed by atoms with van der Waals surface area (Å²) >= 11 is 1.36. The van der Waals surface area contributed by atoms with Crippen molar-refractivity contribution >= 4 is 39.3 Å². The number of fused-ring (bicyclic) bond motifs is 3. The van der Waals surface area contributed by atoms with Crippen LogP contribution < -0.4 is 10.3 Å². The lowest BCUT2D eigenvalue weighted by molar-refractivity contribution is -0.140. The van der Waals surface area contributed by atoms with E-state index in [9.17, 15) is 14.7 Å². The fraction of sp³-hybridized carbons (Fsp3) is 0.167. The minimum Gasteiger partial charge on any atom is -0.494 e.